The lowest BCUT2D eigenvalue weighted by Gasteiger charge is -2.13. The zero-order valence-electron chi connectivity index (χ0n) is 12.6. The number of methoxy groups -OCH3 is 1. The minimum atomic E-state index is -0.339. The monoisotopic (exact) mass is 320 g/mol. The third-order valence-electron chi connectivity index (χ3n) is 3.13. The first-order chi connectivity index (χ1) is 10.5. The average Bonchev–Trinajstić information content (AvgIpc) is 2.49. The van der Waals surface area contributed by atoms with Gasteiger partial charge in [0.1, 0.15) is 5.75 Å². The highest BCUT2D eigenvalue weighted by molar-refractivity contribution is 6.30. The summed E-state index contributed by atoms with van der Waals surface area (Å²) in [7, 11) is 1.62. The molecule has 2 rings (SSSR count). The Labute approximate surface area is 133 Å². The van der Waals surface area contributed by atoms with Crippen LogP contribution in [0.4, 0.5) is 10.5 Å². The van der Waals surface area contributed by atoms with E-state index in [1.165, 1.54) is 12.4 Å². The molecule has 0 atom stereocenters. The predicted octanol–water partition coefficient (Wildman–Crippen LogP) is 3.08. The lowest BCUT2D eigenvalue weighted by Crippen LogP contribution is -2.29. The first kappa shape index (κ1) is 16.0. The molecule has 0 bridgehead atoms. The summed E-state index contributed by atoms with van der Waals surface area (Å²) in [6, 6.07) is 3.41. The van der Waals surface area contributed by atoms with E-state index in [0.29, 0.717) is 5.69 Å². The molecule has 7 heteroatoms. The molecule has 0 radical (unpaired) electrons. The number of hydrogen-bond donors (Lipinski definition) is 2. The number of nitrogens with zero attached hydrogens (tertiary/aromatic N) is 2. The second-order valence-corrected chi connectivity index (χ2v) is 5.10. The standard InChI is InChI=1S/C15H17ClN4O2/c1-9-7-13(22-3)10(2)6-11(9)20-15(21)19-8-12-14(16)18-5-4-17-12/h4-7H,8H2,1-3H3,(H2,19,20,21). The third kappa shape index (κ3) is 3.85. The molecule has 2 aromatic rings. The topological polar surface area (TPSA) is 76.1 Å². The Kier molecular flexibility index (Phi) is 5.16. The van der Waals surface area contributed by atoms with Crippen LogP contribution in [0.1, 0.15) is 16.8 Å². The van der Waals surface area contributed by atoms with Gasteiger partial charge in [0.15, 0.2) is 5.15 Å². The fourth-order valence-electron chi connectivity index (χ4n) is 1.94. The Morgan fingerprint density at radius 1 is 1.23 bits per heavy atom. The molecule has 116 valence electrons. The van der Waals surface area contributed by atoms with Crippen molar-refractivity contribution in [2.24, 2.45) is 0 Å². The van der Waals surface area contributed by atoms with Crippen molar-refractivity contribution in [3.05, 3.63) is 46.5 Å². The van der Waals surface area contributed by atoms with Crippen LogP contribution in [0.3, 0.4) is 0 Å². The number of hydrogen-bond acceptors (Lipinski definition) is 4. The molecule has 2 amide bonds. The van der Waals surface area contributed by atoms with E-state index in [9.17, 15) is 4.79 Å². The second kappa shape index (κ2) is 7.09. The minimum Gasteiger partial charge on any atom is -0.496 e. The largest absolute Gasteiger partial charge is 0.496 e. The SMILES string of the molecule is COc1cc(C)c(NC(=O)NCc2nccnc2Cl)cc1C. The van der Waals surface area contributed by atoms with Gasteiger partial charge < -0.3 is 15.4 Å². The Hall–Kier alpha value is -2.34. The Balaban J connectivity index is 2.01. The smallest absolute Gasteiger partial charge is 0.319 e. The summed E-state index contributed by atoms with van der Waals surface area (Å²) in [6.07, 6.45) is 3.02. The molecule has 1 aromatic carbocycles. The first-order valence-corrected chi connectivity index (χ1v) is 7.04. The molecule has 2 N–H and O–H groups in total. The van der Waals surface area contributed by atoms with Crippen molar-refractivity contribution in [2.45, 2.75) is 20.4 Å². The maximum Gasteiger partial charge on any atom is 0.319 e. The molecule has 1 aromatic heterocycles. The fraction of sp³-hybridized carbons (Fsp3) is 0.267. The van der Waals surface area contributed by atoms with Crippen molar-refractivity contribution >= 4 is 23.3 Å². The molecule has 6 nitrogen and oxygen atoms in total. The van der Waals surface area contributed by atoms with Crippen LogP contribution in [0.15, 0.2) is 24.5 Å². The lowest BCUT2D eigenvalue weighted by molar-refractivity contribution is 0.251. The molecule has 0 saturated carbocycles. The highest BCUT2D eigenvalue weighted by Crippen LogP contribution is 2.25. The Morgan fingerprint density at radius 2 is 1.95 bits per heavy atom. The molecule has 0 unspecified atom stereocenters. The number of carbonyl (C=O) groups is 1. The molecule has 22 heavy (non-hydrogen) atoms. The number of amides is 2. The van der Waals surface area contributed by atoms with Crippen LogP contribution in [-0.4, -0.2) is 23.1 Å². The van der Waals surface area contributed by atoms with Gasteiger partial charge >= 0.3 is 6.03 Å². The number of rotatable bonds is 4. The summed E-state index contributed by atoms with van der Waals surface area (Å²) in [5, 5.41) is 5.77. The van der Waals surface area contributed by atoms with Crippen LogP contribution in [0, 0.1) is 13.8 Å². The quantitative estimate of drug-likeness (QED) is 0.907. The van der Waals surface area contributed by atoms with Crippen LogP contribution in [0.5, 0.6) is 5.75 Å². The van der Waals surface area contributed by atoms with Crippen molar-refractivity contribution in [3.63, 3.8) is 0 Å². The number of ether oxygens (including phenoxy) is 1. The first-order valence-electron chi connectivity index (χ1n) is 6.66. The number of aryl methyl sites for hydroxylation is 2. The van der Waals surface area contributed by atoms with Crippen LogP contribution in [0.2, 0.25) is 5.15 Å². The molecule has 0 aliphatic rings. The van der Waals surface area contributed by atoms with Crippen LogP contribution >= 0.6 is 11.6 Å². The Morgan fingerprint density at radius 3 is 2.64 bits per heavy atom. The van der Waals surface area contributed by atoms with Gasteiger partial charge in [-0.1, -0.05) is 11.6 Å². The van der Waals surface area contributed by atoms with Gasteiger partial charge in [0, 0.05) is 18.1 Å². The van der Waals surface area contributed by atoms with E-state index in [-0.39, 0.29) is 17.7 Å². The molecule has 0 fully saturated rings. The minimum absolute atomic E-state index is 0.201. The molecular formula is C15H17ClN4O2. The maximum absolute atomic E-state index is 12.0. The van der Waals surface area contributed by atoms with E-state index >= 15 is 0 Å². The number of carbonyl (C=O) groups excluding carboxylic acids is 1. The number of anilines is 1. The van der Waals surface area contributed by atoms with Crippen molar-refractivity contribution in [3.8, 4) is 5.75 Å². The molecular weight excluding hydrogens is 304 g/mol. The van der Waals surface area contributed by atoms with Crippen LogP contribution in [-0.2, 0) is 6.54 Å². The van der Waals surface area contributed by atoms with Crippen LogP contribution < -0.4 is 15.4 Å². The van der Waals surface area contributed by atoms with E-state index in [2.05, 4.69) is 20.6 Å². The van der Waals surface area contributed by atoms with Gasteiger partial charge in [-0.3, -0.25) is 4.98 Å². The molecule has 0 spiro atoms. The molecule has 0 saturated heterocycles. The third-order valence-corrected chi connectivity index (χ3v) is 3.45. The predicted molar refractivity (Wildman–Crippen MR) is 85.4 cm³/mol. The highest BCUT2D eigenvalue weighted by Gasteiger charge is 2.09. The van der Waals surface area contributed by atoms with E-state index in [0.717, 1.165) is 22.6 Å². The second-order valence-electron chi connectivity index (χ2n) is 4.74. The van der Waals surface area contributed by atoms with Crippen molar-refractivity contribution < 1.29 is 9.53 Å². The summed E-state index contributed by atoms with van der Waals surface area (Å²) in [5.74, 6) is 0.787. The van der Waals surface area contributed by atoms with E-state index < -0.39 is 0 Å². The molecule has 0 aliphatic heterocycles. The van der Waals surface area contributed by atoms with Gasteiger partial charge in [-0.15, -0.1) is 0 Å². The fourth-order valence-corrected chi connectivity index (χ4v) is 2.12. The number of halogens is 1. The lowest BCUT2D eigenvalue weighted by atomic mass is 10.1. The summed E-state index contributed by atoms with van der Waals surface area (Å²) in [6.45, 7) is 4.02. The molecule has 1 heterocycles. The van der Waals surface area contributed by atoms with E-state index in [1.54, 1.807) is 7.11 Å². The number of urea groups is 1. The van der Waals surface area contributed by atoms with Gasteiger partial charge in [-0.25, -0.2) is 9.78 Å². The average molecular weight is 321 g/mol. The Bertz CT molecular complexity index is 691. The van der Waals surface area contributed by atoms with Crippen molar-refractivity contribution in [1.29, 1.82) is 0 Å². The normalized spacial score (nSPS) is 10.2. The van der Waals surface area contributed by atoms with E-state index in [4.69, 9.17) is 16.3 Å². The summed E-state index contributed by atoms with van der Waals surface area (Å²) < 4.78 is 5.25. The highest BCUT2D eigenvalue weighted by atomic mass is 35.5. The van der Waals surface area contributed by atoms with Gasteiger partial charge in [-0.05, 0) is 37.1 Å². The summed E-state index contributed by atoms with van der Waals surface area (Å²) >= 11 is 5.89. The zero-order valence-corrected chi connectivity index (χ0v) is 13.4. The van der Waals surface area contributed by atoms with Crippen LogP contribution in [0.25, 0.3) is 0 Å². The van der Waals surface area contributed by atoms with E-state index in [1.807, 2.05) is 26.0 Å². The van der Waals surface area contributed by atoms with Gasteiger partial charge in [0.25, 0.3) is 0 Å². The van der Waals surface area contributed by atoms with Crippen molar-refractivity contribution in [2.75, 3.05) is 12.4 Å². The van der Waals surface area contributed by atoms with Crippen molar-refractivity contribution in [1.82, 2.24) is 15.3 Å². The van der Waals surface area contributed by atoms with Gasteiger partial charge in [0.05, 0.1) is 19.3 Å². The number of benzene rings is 1. The summed E-state index contributed by atoms with van der Waals surface area (Å²) in [4.78, 5) is 19.9. The molecule has 0 aliphatic carbocycles. The maximum atomic E-state index is 12.0. The number of aromatic nitrogens is 2. The summed E-state index contributed by atoms with van der Waals surface area (Å²) in [5.41, 5.74) is 3.10. The van der Waals surface area contributed by atoms with Gasteiger partial charge in [0.2, 0.25) is 0 Å². The zero-order chi connectivity index (χ0) is 16.1. The van der Waals surface area contributed by atoms with Gasteiger partial charge in [-0.2, -0.15) is 0 Å². The number of nitrogens with one attached hydrogen (secondary N) is 2.